The van der Waals surface area contributed by atoms with Gasteiger partial charge in [-0.25, -0.2) is 4.68 Å². The van der Waals surface area contributed by atoms with Gasteiger partial charge in [0.15, 0.2) is 5.76 Å². The Kier molecular flexibility index (Phi) is 5.00. The van der Waals surface area contributed by atoms with Gasteiger partial charge >= 0.3 is 0 Å². The molecule has 1 aliphatic rings. The molecule has 2 aromatic heterocycles. The van der Waals surface area contributed by atoms with Crippen molar-refractivity contribution in [1.82, 2.24) is 14.7 Å². The summed E-state index contributed by atoms with van der Waals surface area (Å²) in [7, 11) is 3.33. The Balaban J connectivity index is 1.59. The van der Waals surface area contributed by atoms with E-state index in [-0.39, 0.29) is 6.04 Å². The van der Waals surface area contributed by atoms with Crippen molar-refractivity contribution < 1.29 is 18.3 Å². The molecule has 1 saturated heterocycles. The van der Waals surface area contributed by atoms with Gasteiger partial charge in [-0.3, -0.25) is 4.90 Å². The van der Waals surface area contributed by atoms with Crippen molar-refractivity contribution >= 4 is 12.2 Å². The summed E-state index contributed by atoms with van der Waals surface area (Å²) in [5, 5.41) is 4.47. The lowest BCUT2D eigenvalue weighted by Crippen LogP contribution is -2.27. The van der Waals surface area contributed by atoms with Gasteiger partial charge in [-0.1, -0.05) is 6.07 Å². The van der Waals surface area contributed by atoms with E-state index in [0.29, 0.717) is 23.2 Å². The Morgan fingerprint density at radius 2 is 2.15 bits per heavy atom. The monoisotopic (exact) mass is 387 g/mol. The first-order chi connectivity index (χ1) is 13.2. The molecule has 142 valence electrons. The van der Waals surface area contributed by atoms with Gasteiger partial charge in [-0.2, -0.15) is 0 Å². The molecule has 8 heteroatoms. The molecule has 0 spiro atoms. The van der Waals surface area contributed by atoms with Gasteiger partial charge in [0.2, 0.25) is 0 Å². The number of hydrogen-bond donors (Lipinski definition) is 0. The number of aromatic nitrogens is 2. The molecular weight excluding hydrogens is 366 g/mol. The van der Waals surface area contributed by atoms with Crippen LogP contribution in [0.1, 0.15) is 24.4 Å². The Morgan fingerprint density at radius 1 is 1.26 bits per heavy atom. The molecule has 7 nitrogen and oxygen atoms in total. The largest absolute Gasteiger partial charge is 0.497 e. The molecule has 1 aliphatic heterocycles. The first-order valence-corrected chi connectivity index (χ1v) is 9.18. The van der Waals surface area contributed by atoms with Crippen molar-refractivity contribution in [2.75, 3.05) is 20.8 Å². The Hall–Kier alpha value is -2.58. The number of ether oxygens (including phenoxy) is 2. The highest BCUT2D eigenvalue weighted by Gasteiger charge is 2.29. The molecule has 0 saturated carbocycles. The van der Waals surface area contributed by atoms with Crippen LogP contribution in [0.4, 0.5) is 0 Å². The van der Waals surface area contributed by atoms with E-state index >= 15 is 0 Å². The Bertz CT molecular complexity index is 964. The van der Waals surface area contributed by atoms with Crippen LogP contribution < -0.4 is 9.47 Å². The van der Waals surface area contributed by atoms with Crippen molar-refractivity contribution in [3.63, 3.8) is 0 Å². The molecule has 1 aromatic carbocycles. The standard InChI is InChI=1S/C19H21N3O4S/c1-23-13-7-8-14(17(11-13)24-2)15-5-3-9-21(15)12-22-19(27)26-18(20-22)16-6-4-10-25-16/h4,6-8,10-11,15H,3,5,9,12H2,1-2H3/t15-/m1/s1. The van der Waals surface area contributed by atoms with Crippen LogP contribution in [-0.2, 0) is 6.67 Å². The highest BCUT2D eigenvalue weighted by atomic mass is 32.1. The number of hydrogen-bond acceptors (Lipinski definition) is 7. The van der Waals surface area contributed by atoms with Crippen molar-refractivity contribution in [3.8, 4) is 23.1 Å². The Labute approximate surface area is 162 Å². The van der Waals surface area contributed by atoms with Crippen LogP contribution in [0.5, 0.6) is 11.5 Å². The van der Waals surface area contributed by atoms with Crippen LogP contribution in [0.3, 0.4) is 0 Å². The van der Waals surface area contributed by atoms with Gasteiger partial charge in [0.25, 0.3) is 10.7 Å². The van der Waals surface area contributed by atoms with Crippen molar-refractivity contribution in [1.29, 1.82) is 0 Å². The molecule has 0 radical (unpaired) electrons. The summed E-state index contributed by atoms with van der Waals surface area (Å²) >= 11 is 5.34. The quantitative estimate of drug-likeness (QED) is 0.585. The zero-order valence-corrected chi connectivity index (χ0v) is 16.1. The van der Waals surface area contributed by atoms with Gasteiger partial charge in [-0.15, -0.1) is 5.10 Å². The van der Waals surface area contributed by atoms with Crippen LogP contribution >= 0.6 is 12.2 Å². The van der Waals surface area contributed by atoms with E-state index < -0.39 is 0 Å². The van der Waals surface area contributed by atoms with Crippen molar-refractivity contribution in [3.05, 3.63) is 47.0 Å². The topological polar surface area (TPSA) is 65.8 Å². The van der Waals surface area contributed by atoms with E-state index in [9.17, 15) is 0 Å². The zero-order valence-electron chi connectivity index (χ0n) is 15.3. The summed E-state index contributed by atoms with van der Waals surface area (Å²) in [5.41, 5.74) is 1.14. The third-order valence-electron chi connectivity index (χ3n) is 4.82. The molecule has 0 amide bonds. The maximum Gasteiger partial charge on any atom is 0.288 e. The van der Waals surface area contributed by atoms with E-state index in [1.54, 1.807) is 37.3 Å². The third-order valence-corrected chi connectivity index (χ3v) is 5.11. The molecular formula is C19H21N3O4S. The van der Waals surface area contributed by atoms with Crippen molar-refractivity contribution in [2.45, 2.75) is 25.6 Å². The minimum atomic E-state index is 0.219. The number of nitrogens with zero attached hydrogens (tertiary/aromatic N) is 3. The fraction of sp³-hybridized carbons (Fsp3) is 0.368. The lowest BCUT2D eigenvalue weighted by Gasteiger charge is -2.25. The minimum Gasteiger partial charge on any atom is -0.497 e. The lowest BCUT2D eigenvalue weighted by atomic mass is 10.0. The normalized spacial score (nSPS) is 17.3. The van der Waals surface area contributed by atoms with Crippen LogP contribution in [0, 0.1) is 4.84 Å². The zero-order chi connectivity index (χ0) is 18.8. The second-order valence-corrected chi connectivity index (χ2v) is 6.72. The van der Waals surface area contributed by atoms with E-state index in [0.717, 1.165) is 36.4 Å². The number of rotatable bonds is 6. The van der Waals surface area contributed by atoms with E-state index in [2.05, 4.69) is 16.1 Å². The molecule has 0 N–H and O–H groups in total. The second kappa shape index (κ2) is 7.58. The first kappa shape index (κ1) is 17.8. The van der Waals surface area contributed by atoms with Crippen LogP contribution in [0.15, 0.2) is 45.4 Å². The maximum absolute atomic E-state index is 5.59. The lowest BCUT2D eigenvalue weighted by molar-refractivity contribution is 0.185. The average Bonchev–Trinajstić information content (AvgIpc) is 3.43. The van der Waals surface area contributed by atoms with Gasteiger partial charge in [0.1, 0.15) is 11.5 Å². The number of methoxy groups -OCH3 is 2. The number of benzene rings is 1. The van der Waals surface area contributed by atoms with Crippen LogP contribution in [0.25, 0.3) is 11.7 Å². The Morgan fingerprint density at radius 3 is 2.89 bits per heavy atom. The molecule has 27 heavy (non-hydrogen) atoms. The second-order valence-electron chi connectivity index (χ2n) is 6.37. The van der Waals surface area contributed by atoms with Gasteiger partial charge < -0.3 is 18.3 Å². The summed E-state index contributed by atoms with van der Waals surface area (Å²) in [6.45, 7) is 1.49. The number of likely N-dealkylation sites (tertiary alicyclic amines) is 1. The van der Waals surface area contributed by atoms with E-state index in [4.69, 9.17) is 30.5 Å². The molecule has 0 unspecified atom stereocenters. The smallest absolute Gasteiger partial charge is 0.288 e. The summed E-state index contributed by atoms with van der Waals surface area (Å²) in [5.74, 6) is 2.56. The SMILES string of the molecule is COc1ccc([C@H]2CCCN2Cn2nc(-c3ccco3)oc2=S)c(OC)c1. The predicted octanol–water partition coefficient (Wildman–Crippen LogP) is 4.28. The van der Waals surface area contributed by atoms with E-state index in [1.165, 1.54) is 0 Å². The van der Waals surface area contributed by atoms with Gasteiger partial charge in [0, 0.05) is 24.2 Å². The molecule has 3 heterocycles. The van der Waals surface area contributed by atoms with Crippen molar-refractivity contribution in [2.24, 2.45) is 0 Å². The first-order valence-electron chi connectivity index (χ1n) is 8.77. The summed E-state index contributed by atoms with van der Waals surface area (Å²) < 4.78 is 23.5. The van der Waals surface area contributed by atoms with Gasteiger partial charge in [-0.05, 0) is 43.3 Å². The summed E-state index contributed by atoms with van der Waals surface area (Å²) in [4.78, 5) is 2.66. The number of furan rings is 1. The molecule has 0 aliphatic carbocycles. The molecule has 0 bridgehead atoms. The molecule has 4 rings (SSSR count). The summed E-state index contributed by atoms with van der Waals surface area (Å²) in [6, 6.07) is 9.76. The summed E-state index contributed by atoms with van der Waals surface area (Å²) in [6.07, 6.45) is 3.72. The predicted molar refractivity (Wildman–Crippen MR) is 101 cm³/mol. The van der Waals surface area contributed by atoms with E-state index in [1.807, 2.05) is 12.1 Å². The fourth-order valence-electron chi connectivity index (χ4n) is 3.51. The molecule has 1 fully saturated rings. The fourth-order valence-corrected chi connectivity index (χ4v) is 3.69. The third kappa shape index (κ3) is 3.50. The maximum atomic E-state index is 5.59. The minimum absolute atomic E-state index is 0.219. The highest BCUT2D eigenvalue weighted by molar-refractivity contribution is 7.71. The van der Waals surface area contributed by atoms with Crippen LogP contribution in [-0.4, -0.2) is 35.4 Å². The average molecular weight is 387 g/mol. The molecule has 3 aromatic rings. The van der Waals surface area contributed by atoms with Gasteiger partial charge in [0.05, 0.1) is 27.2 Å². The van der Waals surface area contributed by atoms with Crippen LogP contribution in [0.2, 0.25) is 0 Å². The highest BCUT2D eigenvalue weighted by Crippen LogP contribution is 2.39. The molecule has 1 atom stereocenters.